The molecule has 17 heavy (non-hydrogen) atoms. The maximum Gasteiger partial charge on any atom is 0.268 e. The highest BCUT2D eigenvalue weighted by Gasteiger charge is 2.23. The van der Waals surface area contributed by atoms with Crippen LogP contribution < -0.4 is 11.1 Å². The summed E-state index contributed by atoms with van der Waals surface area (Å²) < 4.78 is 0.738. The van der Waals surface area contributed by atoms with Crippen LogP contribution >= 0.6 is 15.9 Å². The third-order valence-corrected chi connectivity index (χ3v) is 3.03. The number of carbonyl (C=O) groups excluding carboxylic acids is 1. The molecule has 2 aromatic rings. The molecule has 6 nitrogen and oxygen atoms in total. The smallest absolute Gasteiger partial charge is 0.268 e. The van der Waals surface area contributed by atoms with Crippen LogP contribution in [0.4, 0.5) is 5.95 Å². The Kier molecular flexibility index (Phi) is 2.15. The number of fused-ring (bicyclic) bond motifs is 3. The molecule has 1 amide bonds. The number of hydrogen-bond donors (Lipinski definition) is 3. The quantitative estimate of drug-likeness (QED) is 0.677. The number of halogens is 1. The number of amides is 1. The summed E-state index contributed by atoms with van der Waals surface area (Å²) >= 11 is 3.31. The largest absolute Gasteiger partial charge is 0.368 e. The van der Waals surface area contributed by atoms with Crippen LogP contribution in [-0.2, 0) is 6.54 Å². The summed E-state index contributed by atoms with van der Waals surface area (Å²) in [5, 5.41) is 2.76. The minimum Gasteiger partial charge on any atom is -0.368 e. The molecule has 0 radical (unpaired) electrons. The average molecular weight is 294 g/mol. The van der Waals surface area contributed by atoms with Crippen molar-refractivity contribution in [2.24, 2.45) is 0 Å². The zero-order valence-electron chi connectivity index (χ0n) is 8.62. The number of rotatable bonds is 0. The van der Waals surface area contributed by atoms with Crippen LogP contribution in [0.3, 0.4) is 0 Å². The molecule has 4 N–H and O–H groups in total. The Bertz CT molecular complexity index is 621. The number of nitrogens with one attached hydrogen (secondary N) is 2. The number of carbonyl (C=O) groups is 1. The van der Waals surface area contributed by atoms with Crippen LogP contribution in [0.1, 0.15) is 16.2 Å². The van der Waals surface area contributed by atoms with E-state index in [1.165, 1.54) is 0 Å². The summed E-state index contributed by atoms with van der Waals surface area (Å²) in [5.74, 6) is 0.0401. The van der Waals surface area contributed by atoms with Gasteiger partial charge in [-0.3, -0.25) is 4.79 Å². The highest BCUT2D eigenvalue weighted by Crippen LogP contribution is 2.30. The fourth-order valence-corrected chi connectivity index (χ4v) is 2.29. The third kappa shape index (κ3) is 1.59. The lowest BCUT2D eigenvalue weighted by Crippen LogP contribution is -2.22. The topological polar surface area (TPSA) is 96.7 Å². The summed E-state index contributed by atoms with van der Waals surface area (Å²) in [5.41, 5.74) is 8.36. The molecule has 2 aromatic heterocycles. The molecule has 0 spiro atoms. The molecule has 3 heterocycles. The zero-order valence-corrected chi connectivity index (χ0v) is 10.2. The second-order valence-corrected chi connectivity index (χ2v) is 4.53. The molecule has 0 saturated carbocycles. The number of nitrogen functional groups attached to an aromatic ring is 1. The van der Waals surface area contributed by atoms with Crippen molar-refractivity contribution in [3.05, 3.63) is 28.3 Å². The fourth-order valence-electron chi connectivity index (χ4n) is 1.86. The van der Waals surface area contributed by atoms with E-state index in [0.717, 1.165) is 21.4 Å². The van der Waals surface area contributed by atoms with Crippen molar-refractivity contribution in [2.45, 2.75) is 6.54 Å². The van der Waals surface area contributed by atoms with Gasteiger partial charge in [0, 0.05) is 17.3 Å². The first kappa shape index (κ1) is 10.3. The Hall–Kier alpha value is -1.89. The zero-order chi connectivity index (χ0) is 12.0. The lowest BCUT2D eigenvalue weighted by molar-refractivity contribution is 0.0948. The molecular formula is C10H8BrN5O. The number of nitrogens with two attached hydrogens (primary N) is 1. The van der Waals surface area contributed by atoms with Gasteiger partial charge in [-0.1, -0.05) is 0 Å². The van der Waals surface area contributed by atoms with Gasteiger partial charge >= 0.3 is 0 Å². The van der Waals surface area contributed by atoms with Gasteiger partial charge in [-0.15, -0.1) is 0 Å². The highest BCUT2D eigenvalue weighted by molar-refractivity contribution is 9.10. The minimum absolute atomic E-state index is 0.165. The maximum atomic E-state index is 11.8. The van der Waals surface area contributed by atoms with E-state index >= 15 is 0 Å². The van der Waals surface area contributed by atoms with Crippen molar-refractivity contribution in [1.82, 2.24) is 20.3 Å². The Morgan fingerprint density at radius 3 is 3.06 bits per heavy atom. The molecule has 0 aromatic carbocycles. The number of hydrogen-bond acceptors (Lipinski definition) is 4. The number of nitrogens with zero attached hydrogens (tertiary/aromatic N) is 2. The average Bonchev–Trinajstić information content (AvgIpc) is 2.63. The van der Waals surface area contributed by atoms with Crippen molar-refractivity contribution < 1.29 is 4.79 Å². The molecule has 1 aliphatic heterocycles. The summed E-state index contributed by atoms with van der Waals surface area (Å²) in [6.45, 7) is 0.348. The van der Waals surface area contributed by atoms with Crippen molar-refractivity contribution in [1.29, 1.82) is 0 Å². The Morgan fingerprint density at radius 1 is 1.41 bits per heavy atom. The van der Waals surface area contributed by atoms with Crippen molar-refractivity contribution >= 4 is 27.8 Å². The van der Waals surface area contributed by atoms with Crippen LogP contribution in [-0.4, -0.2) is 20.9 Å². The van der Waals surface area contributed by atoms with Crippen LogP contribution in [0.15, 0.2) is 16.9 Å². The number of H-pyrrole nitrogens is 1. The summed E-state index contributed by atoms with van der Waals surface area (Å²) in [4.78, 5) is 22.9. The molecule has 0 unspecified atom stereocenters. The fraction of sp³-hybridized carbons (Fsp3) is 0.100. The van der Waals surface area contributed by atoms with Crippen LogP contribution in [0.2, 0.25) is 0 Å². The Morgan fingerprint density at radius 2 is 2.24 bits per heavy atom. The van der Waals surface area contributed by atoms with Crippen LogP contribution in [0, 0.1) is 0 Å². The monoisotopic (exact) mass is 293 g/mol. The number of aromatic amines is 1. The van der Waals surface area contributed by atoms with E-state index in [9.17, 15) is 4.79 Å². The van der Waals surface area contributed by atoms with E-state index in [-0.39, 0.29) is 11.9 Å². The molecule has 0 saturated heterocycles. The lowest BCUT2D eigenvalue weighted by Gasteiger charge is -2.04. The second-order valence-electron chi connectivity index (χ2n) is 3.68. The van der Waals surface area contributed by atoms with E-state index in [1.807, 2.05) is 6.07 Å². The van der Waals surface area contributed by atoms with Gasteiger partial charge in [-0.25, -0.2) is 9.97 Å². The molecule has 7 heteroatoms. The van der Waals surface area contributed by atoms with Gasteiger partial charge in [0.05, 0.1) is 16.8 Å². The molecule has 0 aliphatic carbocycles. The van der Waals surface area contributed by atoms with Crippen molar-refractivity contribution in [3.8, 4) is 11.1 Å². The van der Waals surface area contributed by atoms with E-state index < -0.39 is 0 Å². The van der Waals surface area contributed by atoms with Gasteiger partial charge in [0.15, 0.2) is 0 Å². The number of aromatic nitrogens is 3. The molecule has 86 valence electrons. The van der Waals surface area contributed by atoms with Gasteiger partial charge in [0.2, 0.25) is 5.95 Å². The Labute approximate surface area is 105 Å². The molecule has 0 atom stereocenters. The predicted octanol–water partition coefficient (Wildman–Crippen LogP) is 1.06. The second kappa shape index (κ2) is 3.56. The Balaban J connectivity index is 2.29. The molecule has 3 rings (SSSR count). The minimum atomic E-state index is -0.165. The van der Waals surface area contributed by atoms with E-state index in [0.29, 0.717) is 12.2 Å². The SMILES string of the molecule is Nc1ncc2c(n1)CNC(=O)c1[nH]c(Br)cc1-2. The molecular weight excluding hydrogens is 286 g/mol. The van der Waals surface area contributed by atoms with Crippen molar-refractivity contribution in [2.75, 3.05) is 5.73 Å². The van der Waals surface area contributed by atoms with E-state index in [2.05, 4.69) is 36.2 Å². The predicted molar refractivity (Wildman–Crippen MR) is 65.1 cm³/mol. The molecule has 0 bridgehead atoms. The summed E-state index contributed by atoms with van der Waals surface area (Å²) in [6.07, 6.45) is 1.64. The third-order valence-electron chi connectivity index (χ3n) is 2.60. The summed E-state index contributed by atoms with van der Waals surface area (Å²) in [7, 11) is 0. The standard InChI is InChI=1S/C10H8BrN5O/c11-7-1-4-5-2-14-10(12)15-6(5)3-13-9(17)8(4)16-7/h1-2,16H,3H2,(H,13,17)(H2,12,14,15). The van der Waals surface area contributed by atoms with Gasteiger partial charge in [-0.05, 0) is 22.0 Å². The first-order valence-electron chi connectivity index (χ1n) is 4.93. The van der Waals surface area contributed by atoms with E-state index in [1.54, 1.807) is 6.20 Å². The highest BCUT2D eigenvalue weighted by atomic mass is 79.9. The summed E-state index contributed by atoms with van der Waals surface area (Å²) in [6, 6.07) is 1.83. The van der Waals surface area contributed by atoms with Crippen molar-refractivity contribution in [3.63, 3.8) is 0 Å². The van der Waals surface area contributed by atoms with Gasteiger partial charge < -0.3 is 16.0 Å². The van der Waals surface area contributed by atoms with Gasteiger partial charge in [-0.2, -0.15) is 0 Å². The van der Waals surface area contributed by atoms with Gasteiger partial charge in [0.25, 0.3) is 5.91 Å². The van der Waals surface area contributed by atoms with Crippen LogP contribution in [0.5, 0.6) is 0 Å². The lowest BCUT2D eigenvalue weighted by atomic mass is 10.1. The normalized spacial score (nSPS) is 13.6. The first-order chi connectivity index (χ1) is 8.15. The maximum absolute atomic E-state index is 11.8. The number of anilines is 1. The molecule has 0 fully saturated rings. The van der Waals surface area contributed by atoms with Crippen LogP contribution in [0.25, 0.3) is 11.1 Å². The van der Waals surface area contributed by atoms with Gasteiger partial charge in [0.1, 0.15) is 5.69 Å². The van der Waals surface area contributed by atoms with E-state index in [4.69, 9.17) is 5.73 Å². The molecule has 1 aliphatic rings. The first-order valence-corrected chi connectivity index (χ1v) is 5.73.